The normalized spacial score (nSPS) is 12.9. The van der Waals surface area contributed by atoms with Gasteiger partial charge in [-0.3, -0.25) is 0 Å². The van der Waals surface area contributed by atoms with Crippen LogP contribution in [0, 0.1) is 0 Å². The Bertz CT molecular complexity index is 510. The molecule has 0 saturated carbocycles. The average Bonchev–Trinajstić information content (AvgIpc) is 2.42. The van der Waals surface area contributed by atoms with E-state index in [1.807, 2.05) is 19.2 Å². The Kier molecular flexibility index (Phi) is 6.43. The number of allylic oxidation sites excluding steroid dienone is 2. The van der Waals surface area contributed by atoms with Crippen LogP contribution in [0.3, 0.4) is 0 Å². The zero-order valence-electron chi connectivity index (χ0n) is 13.8. The molecule has 0 unspecified atom stereocenters. The largest absolute Gasteiger partial charge is 0.387 e. The maximum atomic E-state index is 5.95. The molecule has 0 aromatic carbocycles. The Morgan fingerprint density at radius 2 is 2.10 bits per heavy atom. The molecule has 1 aromatic rings. The average molecular weight is 288 g/mol. The van der Waals surface area contributed by atoms with E-state index in [0.29, 0.717) is 5.82 Å². The second-order valence-corrected chi connectivity index (χ2v) is 6.00. The number of nitrogen functional groups attached to an aromatic ring is 1. The molecule has 4 nitrogen and oxygen atoms in total. The SMILES string of the molecule is CCC(/C=C/c1c(NC)ccnc1N)=C\CNC(C)(C)C. The number of nitrogens with zero attached hydrogens (tertiary/aromatic N) is 1. The molecule has 0 amide bonds. The van der Waals surface area contributed by atoms with Crippen LogP contribution in [-0.2, 0) is 0 Å². The van der Waals surface area contributed by atoms with Crippen molar-refractivity contribution in [3.05, 3.63) is 35.6 Å². The Hall–Kier alpha value is -1.81. The van der Waals surface area contributed by atoms with E-state index < -0.39 is 0 Å². The van der Waals surface area contributed by atoms with E-state index in [-0.39, 0.29) is 5.54 Å². The molecule has 1 aromatic heterocycles. The maximum Gasteiger partial charge on any atom is 0.132 e. The van der Waals surface area contributed by atoms with Crippen molar-refractivity contribution in [1.29, 1.82) is 0 Å². The molecule has 0 fully saturated rings. The monoisotopic (exact) mass is 288 g/mol. The van der Waals surface area contributed by atoms with Crippen LogP contribution in [0.1, 0.15) is 39.7 Å². The zero-order chi connectivity index (χ0) is 15.9. The van der Waals surface area contributed by atoms with Crippen LogP contribution in [0.15, 0.2) is 30.0 Å². The fourth-order valence-electron chi connectivity index (χ4n) is 1.89. The van der Waals surface area contributed by atoms with Gasteiger partial charge in [0, 0.05) is 36.6 Å². The molecule has 21 heavy (non-hydrogen) atoms. The summed E-state index contributed by atoms with van der Waals surface area (Å²) in [6, 6.07) is 1.92. The lowest BCUT2D eigenvalue weighted by Crippen LogP contribution is -2.35. The summed E-state index contributed by atoms with van der Waals surface area (Å²) in [5.74, 6) is 0.543. The number of nitrogens with two attached hydrogens (primary N) is 1. The van der Waals surface area contributed by atoms with Crippen LogP contribution in [0.2, 0.25) is 0 Å². The highest BCUT2D eigenvalue weighted by Gasteiger charge is 2.06. The minimum Gasteiger partial charge on any atom is -0.387 e. The molecule has 0 aliphatic carbocycles. The third-order valence-electron chi connectivity index (χ3n) is 3.16. The van der Waals surface area contributed by atoms with Gasteiger partial charge in [0.2, 0.25) is 0 Å². The van der Waals surface area contributed by atoms with E-state index in [1.165, 1.54) is 5.57 Å². The lowest BCUT2D eigenvalue weighted by atomic mass is 10.1. The summed E-state index contributed by atoms with van der Waals surface area (Å²) in [7, 11) is 1.88. The molecule has 4 heteroatoms. The van der Waals surface area contributed by atoms with Crippen molar-refractivity contribution in [3.8, 4) is 0 Å². The van der Waals surface area contributed by atoms with Gasteiger partial charge in [-0.05, 0) is 39.3 Å². The molecule has 0 saturated heterocycles. The smallest absolute Gasteiger partial charge is 0.132 e. The van der Waals surface area contributed by atoms with E-state index in [1.54, 1.807) is 6.20 Å². The van der Waals surface area contributed by atoms with Crippen molar-refractivity contribution in [2.45, 2.75) is 39.7 Å². The highest BCUT2D eigenvalue weighted by atomic mass is 14.9. The number of hydrogen-bond acceptors (Lipinski definition) is 4. The summed E-state index contributed by atoms with van der Waals surface area (Å²) < 4.78 is 0. The summed E-state index contributed by atoms with van der Waals surface area (Å²) in [5, 5.41) is 6.60. The summed E-state index contributed by atoms with van der Waals surface area (Å²) >= 11 is 0. The van der Waals surface area contributed by atoms with Crippen LogP contribution in [0.4, 0.5) is 11.5 Å². The van der Waals surface area contributed by atoms with Crippen LogP contribution in [0.25, 0.3) is 6.08 Å². The molecule has 116 valence electrons. The fraction of sp³-hybridized carbons (Fsp3) is 0.471. The van der Waals surface area contributed by atoms with Crippen LogP contribution in [-0.4, -0.2) is 24.1 Å². The molecule has 0 radical (unpaired) electrons. The fourth-order valence-corrected chi connectivity index (χ4v) is 1.89. The number of aromatic nitrogens is 1. The van der Waals surface area contributed by atoms with Crippen molar-refractivity contribution in [2.24, 2.45) is 0 Å². The molecule has 1 rings (SSSR count). The minimum absolute atomic E-state index is 0.131. The number of anilines is 2. The van der Waals surface area contributed by atoms with Gasteiger partial charge in [-0.2, -0.15) is 0 Å². The van der Waals surface area contributed by atoms with Gasteiger partial charge in [-0.15, -0.1) is 0 Å². The van der Waals surface area contributed by atoms with E-state index in [2.05, 4.69) is 55.5 Å². The topological polar surface area (TPSA) is 63.0 Å². The third kappa shape index (κ3) is 6.00. The predicted molar refractivity (Wildman–Crippen MR) is 93.4 cm³/mol. The molecule has 0 atom stereocenters. The van der Waals surface area contributed by atoms with Gasteiger partial charge in [0.05, 0.1) is 0 Å². The summed E-state index contributed by atoms with van der Waals surface area (Å²) in [4.78, 5) is 4.14. The second-order valence-electron chi connectivity index (χ2n) is 6.00. The Morgan fingerprint density at radius 3 is 2.67 bits per heavy atom. The number of hydrogen-bond donors (Lipinski definition) is 3. The van der Waals surface area contributed by atoms with Gasteiger partial charge in [0.15, 0.2) is 0 Å². The lowest BCUT2D eigenvalue weighted by molar-refractivity contribution is 0.449. The lowest BCUT2D eigenvalue weighted by Gasteiger charge is -2.19. The standard InChI is InChI=1S/C17H28N4/c1-6-13(9-12-21-17(2,3)4)7-8-14-15(19-5)10-11-20-16(14)18/h7-11,21H,6,12H2,1-5H3,(H3,18,19,20)/b8-7+,13-9+. The van der Waals surface area contributed by atoms with Crippen molar-refractivity contribution < 1.29 is 0 Å². The summed E-state index contributed by atoms with van der Waals surface area (Å²) in [6.45, 7) is 9.50. The van der Waals surface area contributed by atoms with Crippen LogP contribution in [0.5, 0.6) is 0 Å². The molecule has 0 spiro atoms. The van der Waals surface area contributed by atoms with Crippen LogP contribution >= 0.6 is 0 Å². The number of pyridine rings is 1. The Morgan fingerprint density at radius 1 is 1.38 bits per heavy atom. The van der Waals surface area contributed by atoms with Gasteiger partial charge < -0.3 is 16.4 Å². The van der Waals surface area contributed by atoms with E-state index in [0.717, 1.165) is 24.2 Å². The Balaban J connectivity index is 2.84. The molecule has 0 aliphatic heterocycles. The van der Waals surface area contributed by atoms with Gasteiger partial charge in [-0.1, -0.05) is 24.6 Å². The highest BCUT2D eigenvalue weighted by molar-refractivity contribution is 5.75. The van der Waals surface area contributed by atoms with E-state index >= 15 is 0 Å². The second kappa shape index (κ2) is 7.84. The molecule has 0 bridgehead atoms. The van der Waals surface area contributed by atoms with Gasteiger partial charge in [-0.25, -0.2) is 4.98 Å². The van der Waals surface area contributed by atoms with E-state index in [4.69, 9.17) is 5.73 Å². The van der Waals surface area contributed by atoms with E-state index in [9.17, 15) is 0 Å². The zero-order valence-corrected chi connectivity index (χ0v) is 13.8. The molecule has 4 N–H and O–H groups in total. The first-order chi connectivity index (χ1) is 9.87. The first-order valence-electron chi connectivity index (χ1n) is 7.41. The minimum atomic E-state index is 0.131. The number of nitrogens with one attached hydrogen (secondary N) is 2. The quantitative estimate of drug-likeness (QED) is 0.702. The Labute approximate surface area is 128 Å². The molecular weight excluding hydrogens is 260 g/mol. The molecule has 0 aliphatic rings. The number of rotatable bonds is 6. The summed E-state index contributed by atoms with van der Waals surface area (Å²) in [5.41, 5.74) is 9.28. The van der Waals surface area contributed by atoms with Crippen molar-refractivity contribution in [1.82, 2.24) is 10.3 Å². The predicted octanol–water partition coefficient (Wildman–Crippen LogP) is 3.44. The van der Waals surface area contributed by atoms with Crippen molar-refractivity contribution >= 4 is 17.6 Å². The first kappa shape index (κ1) is 17.2. The maximum absolute atomic E-state index is 5.95. The van der Waals surface area contributed by atoms with Gasteiger partial charge >= 0.3 is 0 Å². The summed E-state index contributed by atoms with van der Waals surface area (Å²) in [6.07, 6.45) is 9.05. The van der Waals surface area contributed by atoms with Crippen molar-refractivity contribution in [3.63, 3.8) is 0 Å². The van der Waals surface area contributed by atoms with Crippen molar-refractivity contribution in [2.75, 3.05) is 24.6 Å². The third-order valence-corrected chi connectivity index (χ3v) is 3.16. The molecule has 1 heterocycles. The van der Waals surface area contributed by atoms with Gasteiger partial charge in [0.25, 0.3) is 0 Å². The van der Waals surface area contributed by atoms with Crippen LogP contribution < -0.4 is 16.4 Å². The van der Waals surface area contributed by atoms with Gasteiger partial charge in [0.1, 0.15) is 5.82 Å². The molecular formula is C17H28N4. The highest BCUT2D eigenvalue weighted by Crippen LogP contribution is 2.22. The first-order valence-corrected chi connectivity index (χ1v) is 7.41.